The van der Waals surface area contributed by atoms with Crippen molar-refractivity contribution in [3.63, 3.8) is 0 Å². The summed E-state index contributed by atoms with van der Waals surface area (Å²) < 4.78 is 23.1. The van der Waals surface area contributed by atoms with Crippen LogP contribution < -0.4 is 19.7 Å². The normalized spacial score (nSPS) is 18.1. The monoisotopic (exact) mass is 507 g/mol. The SMILES string of the molecule is CCc1cccc(C[C@@H]2NC(=O)N[SH](=O)(c3ccccc3CC)c3cc(ccc3OC)N(C)C2=O)c1. The Hall–Kier alpha value is -3.65. The number of hydrogen-bond acceptors (Lipinski definition) is 4. The quantitative estimate of drug-likeness (QED) is 0.439. The van der Waals surface area contributed by atoms with Crippen LogP contribution in [-0.4, -0.2) is 36.3 Å². The van der Waals surface area contributed by atoms with E-state index in [1.165, 1.54) is 12.0 Å². The predicted octanol–water partition coefficient (Wildman–Crippen LogP) is 4.06. The molecule has 4 rings (SSSR count). The zero-order chi connectivity index (χ0) is 25.9. The van der Waals surface area contributed by atoms with Crippen LogP contribution in [0.5, 0.6) is 5.75 Å². The minimum absolute atomic E-state index is 0.270. The third-order valence-corrected chi connectivity index (χ3v) is 9.29. The Kier molecular flexibility index (Phi) is 7.45. The number of urea groups is 1. The van der Waals surface area contributed by atoms with E-state index in [4.69, 9.17) is 4.74 Å². The molecular weight excluding hydrogens is 474 g/mol. The number of ether oxygens (including phenoxy) is 1. The molecule has 0 fully saturated rings. The number of nitrogens with zero attached hydrogens (tertiary/aromatic N) is 1. The Morgan fingerprint density at radius 3 is 2.39 bits per heavy atom. The van der Waals surface area contributed by atoms with Gasteiger partial charge in [0.25, 0.3) is 0 Å². The van der Waals surface area contributed by atoms with Gasteiger partial charge in [0, 0.05) is 34.2 Å². The molecule has 0 aromatic heterocycles. The van der Waals surface area contributed by atoms with Gasteiger partial charge in [0.15, 0.2) is 0 Å². The zero-order valence-corrected chi connectivity index (χ0v) is 22.0. The molecule has 2 bridgehead atoms. The van der Waals surface area contributed by atoms with Crippen molar-refractivity contribution in [1.82, 2.24) is 10.0 Å². The van der Waals surface area contributed by atoms with E-state index in [9.17, 15) is 13.8 Å². The zero-order valence-electron chi connectivity index (χ0n) is 21.1. The van der Waals surface area contributed by atoms with Crippen molar-refractivity contribution in [3.8, 4) is 5.75 Å². The molecule has 1 atom stereocenters. The van der Waals surface area contributed by atoms with Gasteiger partial charge in [-0.05, 0) is 53.8 Å². The number of rotatable bonds is 6. The van der Waals surface area contributed by atoms with E-state index >= 15 is 0 Å². The molecule has 8 heteroatoms. The average molecular weight is 508 g/mol. The molecule has 2 N–H and O–H groups in total. The lowest BCUT2D eigenvalue weighted by molar-refractivity contribution is -0.120. The van der Waals surface area contributed by atoms with Gasteiger partial charge < -0.3 is 15.0 Å². The number of likely N-dealkylation sites (N-methyl/N-ethyl adjacent to an activating group) is 1. The summed E-state index contributed by atoms with van der Waals surface area (Å²) in [6.45, 7) is 4.05. The maximum absolute atomic E-state index is 14.8. The standard InChI is InChI=1S/C28H33N3O4S/c1-5-19-10-9-11-20(16-19)17-23-27(32)31(3)22-14-15-24(35-4)26(18-22)36(34,30-28(33)29-23)25-13-8-7-12-21(25)6-2/h7-16,18,23,36H,5-6,17H2,1-4H3,(H2,29,30,33,34)/t23-/m0/s1. The summed E-state index contributed by atoms with van der Waals surface area (Å²) in [5.41, 5.74) is 3.52. The van der Waals surface area contributed by atoms with Gasteiger partial charge in [-0.15, -0.1) is 0 Å². The molecule has 0 aliphatic carbocycles. The van der Waals surface area contributed by atoms with Crippen LogP contribution in [-0.2, 0) is 34.2 Å². The van der Waals surface area contributed by atoms with Gasteiger partial charge in [0.2, 0.25) is 5.91 Å². The molecule has 0 radical (unpaired) electrons. The average Bonchev–Trinajstić information content (AvgIpc) is 2.90. The summed E-state index contributed by atoms with van der Waals surface area (Å²) in [5, 5.41) is 2.81. The first kappa shape index (κ1) is 25.4. The molecule has 1 aliphatic heterocycles. The number of hydrogen-bond donors (Lipinski definition) is 3. The highest BCUT2D eigenvalue weighted by atomic mass is 32.3. The van der Waals surface area contributed by atoms with Gasteiger partial charge in [-0.3, -0.25) is 13.7 Å². The highest BCUT2D eigenvalue weighted by Crippen LogP contribution is 2.38. The number of carbonyl (C=O) groups is 2. The number of methoxy groups -OCH3 is 1. The lowest BCUT2D eigenvalue weighted by Gasteiger charge is -2.33. The molecule has 36 heavy (non-hydrogen) atoms. The smallest absolute Gasteiger partial charge is 0.326 e. The minimum atomic E-state index is -3.70. The second-order valence-electron chi connectivity index (χ2n) is 8.86. The molecule has 0 saturated heterocycles. The largest absolute Gasteiger partial charge is 0.495 e. The number of amides is 3. The summed E-state index contributed by atoms with van der Waals surface area (Å²) in [6.07, 6.45) is 1.82. The third kappa shape index (κ3) is 4.86. The maximum Gasteiger partial charge on any atom is 0.326 e. The van der Waals surface area contributed by atoms with Crippen molar-refractivity contribution >= 4 is 27.7 Å². The van der Waals surface area contributed by atoms with Crippen LogP contribution >= 0.6 is 0 Å². The molecule has 0 spiro atoms. The fraction of sp³-hybridized carbons (Fsp3) is 0.286. The molecule has 1 aliphatic rings. The van der Waals surface area contributed by atoms with Gasteiger partial charge in [-0.2, -0.15) is 0 Å². The van der Waals surface area contributed by atoms with E-state index in [0.717, 1.165) is 23.1 Å². The Balaban J connectivity index is 1.85. The first-order valence-corrected chi connectivity index (χ1v) is 13.8. The summed E-state index contributed by atoms with van der Waals surface area (Å²) in [6, 6.07) is 19.0. The Labute approximate surface area is 213 Å². The molecule has 0 unspecified atom stereocenters. The van der Waals surface area contributed by atoms with Crippen LogP contribution in [0.25, 0.3) is 0 Å². The Morgan fingerprint density at radius 1 is 0.917 bits per heavy atom. The van der Waals surface area contributed by atoms with Crippen molar-refractivity contribution in [2.45, 2.75) is 48.9 Å². The minimum Gasteiger partial charge on any atom is -0.495 e. The van der Waals surface area contributed by atoms with Crippen molar-refractivity contribution in [2.75, 3.05) is 19.1 Å². The second kappa shape index (κ2) is 10.5. The van der Waals surface area contributed by atoms with Crippen LogP contribution in [0.4, 0.5) is 10.5 Å². The molecule has 3 amide bonds. The Bertz CT molecular complexity index is 1340. The summed E-state index contributed by atoms with van der Waals surface area (Å²) in [7, 11) is -0.546. The molecule has 1 heterocycles. The highest BCUT2D eigenvalue weighted by Gasteiger charge is 2.33. The number of fused-ring (bicyclic) bond motifs is 2. The number of thiol groups is 1. The van der Waals surface area contributed by atoms with Crippen LogP contribution in [0.1, 0.15) is 30.5 Å². The van der Waals surface area contributed by atoms with Crippen molar-refractivity contribution in [1.29, 1.82) is 0 Å². The predicted molar refractivity (Wildman–Crippen MR) is 143 cm³/mol. The van der Waals surface area contributed by atoms with E-state index < -0.39 is 22.2 Å². The first-order chi connectivity index (χ1) is 17.3. The van der Waals surface area contributed by atoms with E-state index in [-0.39, 0.29) is 5.91 Å². The third-order valence-electron chi connectivity index (χ3n) is 6.63. The fourth-order valence-electron chi connectivity index (χ4n) is 4.61. The van der Waals surface area contributed by atoms with Crippen LogP contribution in [0.15, 0.2) is 76.5 Å². The van der Waals surface area contributed by atoms with E-state index in [1.807, 2.05) is 49.4 Å². The number of anilines is 1. The molecule has 3 aromatic carbocycles. The van der Waals surface area contributed by atoms with Gasteiger partial charge in [0.1, 0.15) is 11.8 Å². The fourth-order valence-corrected chi connectivity index (χ4v) is 7.18. The van der Waals surface area contributed by atoms with Crippen molar-refractivity contribution in [3.05, 3.63) is 83.4 Å². The van der Waals surface area contributed by atoms with Gasteiger partial charge in [-0.25, -0.2) is 4.79 Å². The van der Waals surface area contributed by atoms with Crippen molar-refractivity contribution in [2.24, 2.45) is 0 Å². The number of benzene rings is 3. The first-order valence-electron chi connectivity index (χ1n) is 12.1. The van der Waals surface area contributed by atoms with Gasteiger partial charge >= 0.3 is 6.03 Å². The van der Waals surface area contributed by atoms with Crippen LogP contribution in [0.2, 0.25) is 0 Å². The lowest BCUT2D eigenvalue weighted by Crippen LogP contribution is -2.54. The van der Waals surface area contributed by atoms with Gasteiger partial charge in [0.05, 0.1) is 12.0 Å². The summed E-state index contributed by atoms with van der Waals surface area (Å²) in [4.78, 5) is 29.3. The summed E-state index contributed by atoms with van der Waals surface area (Å²) >= 11 is 0. The van der Waals surface area contributed by atoms with E-state index in [1.54, 1.807) is 31.3 Å². The molecule has 190 valence electrons. The number of carbonyl (C=O) groups excluding carboxylic acids is 2. The summed E-state index contributed by atoms with van der Waals surface area (Å²) in [5.74, 6) is 0.108. The molecular formula is C28H33N3O4S. The van der Waals surface area contributed by atoms with Gasteiger partial charge in [-0.1, -0.05) is 56.3 Å². The maximum atomic E-state index is 14.8. The second-order valence-corrected chi connectivity index (χ2v) is 11.3. The topological polar surface area (TPSA) is 87.7 Å². The molecule has 7 nitrogen and oxygen atoms in total. The Morgan fingerprint density at radius 2 is 1.67 bits per heavy atom. The van der Waals surface area contributed by atoms with Crippen molar-refractivity contribution < 1.29 is 18.5 Å². The molecule has 0 saturated carbocycles. The molecule has 3 aromatic rings. The lowest BCUT2D eigenvalue weighted by atomic mass is 10.0. The van der Waals surface area contributed by atoms with Crippen LogP contribution in [0.3, 0.4) is 0 Å². The highest BCUT2D eigenvalue weighted by molar-refractivity contribution is 8.02. The number of nitrogens with one attached hydrogen (secondary N) is 2. The number of aryl methyl sites for hydroxylation is 2. The van der Waals surface area contributed by atoms with E-state index in [2.05, 4.69) is 17.0 Å². The van der Waals surface area contributed by atoms with Crippen LogP contribution in [0, 0.1) is 0 Å². The van der Waals surface area contributed by atoms with E-state index in [0.29, 0.717) is 34.1 Å².